The quantitative estimate of drug-likeness (QED) is 0.420. The molecular formula is C25H31N5O2S. The lowest BCUT2D eigenvalue weighted by Gasteiger charge is -2.27. The number of carbonyl (C=O) groups excluding carboxylic acids is 1. The number of thioether (sulfide) groups is 1. The highest BCUT2D eigenvalue weighted by molar-refractivity contribution is 7.99. The molecular weight excluding hydrogens is 434 g/mol. The SMILES string of the molecule is CCOc1ccc(-n2c(SCC(=O)N(C)CC3CCCCC3)nnc2-c2cccnc2)cc1. The van der Waals surface area contributed by atoms with Gasteiger partial charge in [-0.3, -0.25) is 14.3 Å². The Hall–Kier alpha value is -2.87. The fourth-order valence-corrected chi connectivity index (χ4v) is 5.12. The first kappa shape index (κ1) is 23.3. The highest BCUT2D eigenvalue weighted by Crippen LogP contribution is 2.29. The minimum absolute atomic E-state index is 0.120. The predicted octanol–water partition coefficient (Wildman–Crippen LogP) is 4.86. The average Bonchev–Trinajstić information content (AvgIpc) is 3.28. The molecule has 0 atom stereocenters. The molecule has 33 heavy (non-hydrogen) atoms. The summed E-state index contributed by atoms with van der Waals surface area (Å²) in [6, 6.07) is 11.7. The van der Waals surface area contributed by atoms with E-state index in [0.717, 1.165) is 23.5 Å². The molecule has 1 amide bonds. The number of carbonyl (C=O) groups is 1. The summed E-state index contributed by atoms with van der Waals surface area (Å²) in [6.45, 7) is 3.42. The fraction of sp³-hybridized carbons (Fsp3) is 0.440. The Balaban J connectivity index is 1.52. The standard InChI is InChI=1S/C25H31N5O2S/c1-3-32-22-13-11-21(12-14-22)30-24(20-10-7-15-26-16-20)27-28-25(30)33-18-23(31)29(2)17-19-8-5-4-6-9-19/h7,10-16,19H,3-6,8-9,17-18H2,1-2H3. The Bertz CT molecular complexity index is 1030. The van der Waals surface area contributed by atoms with Crippen LogP contribution < -0.4 is 4.74 Å². The molecule has 0 unspecified atom stereocenters. The molecule has 0 N–H and O–H groups in total. The number of pyridine rings is 1. The third kappa shape index (κ3) is 5.93. The number of ether oxygens (including phenoxy) is 1. The van der Waals surface area contributed by atoms with Crippen LogP contribution in [-0.4, -0.2) is 56.5 Å². The highest BCUT2D eigenvalue weighted by atomic mass is 32.2. The summed E-state index contributed by atoms with van der Waals surface area (Å²) >= 11 is 1.42. The molecule has 1 aromatic carbocycles. The van der Waals surface area contributed by atoms with E-state index >= 15 is 0 Å². The Morgan fingerprint density at radius 1 is 1.15 bits per heavy atom. The lowest BCUT2D eigenvalue weighted by Crippen LogP contribution is -2.33. The van der Waals surface area contributed by atoms with E-state index in [1.54, 1.807) is 12.4 Å². The van der Waals surface area contributed by atoms with Crippen molar-refractivity contribution in [2.24, 2.45) is 5.92 Å². The van der Waals surface area contributed by atoms with Crippen molar-refractivity contribution in [2.75, 3.05) is 26.0 Å². The third-order valence-corrected chi connectivity index (χ3v) is 6.88. The summed E-state index contributed by atoms with van der Waals surface area (Å²) in [4.78, 5) is 19.0. The van der Waals surface area contributed by atoms with Gasteiger partial charge >= 0.3 is 0 Å². The maximum atomic E-state index is 12.9. The lowest BCUT2D eigenvalue weighted by atomic mass is 9.89. The number of amides is 1. The smallest absolute Gasteiger partial charge is 0.232 e. The number of rotatable bonds is 9. The zero-order valence-corrected chi connectivity index (χ0v) is 20.1. The number of hydrogen-bond donors (Lipinski definition) is 0. The Labute approximate surface area is 199 Å². The monoisotopic (exact) mass is 465 g/mol. The molecule has 174 valence electrons. The molecule has 0 spiro atoms. The summed E-state index contributed by atoms with van der Waals surface area (Å²) in [5.74, 6) is 2.58. The summed E-state index contributed by atoms with van der Waals surface area (Å²) in [6.07, 6.45) is 9.85. The topological polar surface area (TPSA) is 73.1 Å². The van der Waals surface area contributed by atoms with Crippen molar-refractivity contribution in [3.63, 3.8) is 0 Å². The molecule has 3 aromatic rings. The van der Waals surface area contributed by atoms with Crippen molar-refractivity contribution in [1.82, 2.24) is 24.6 Å². The first-order valence-electron chi connectivity index (χ1n) is 11.6. The molecule has 0 aliphatic heterocycles. The van der Waals surface area contributed by atoms with Gasteiger partial charge in [0.15, 0.2) is 11.0 Å². The van der Waals surface area contributed by atoms with Crippen LogP contribution in [0.2, 0.25) is 0 Å². The number of benzene rings is 1. The van der Waals surface area contributed by atoms with Crippen LogP contribution in [0.25, 0.3) is 17.1 Å². The van der Waals surface area contributed by atoms with Crippen molar-refractivity contribution in [3.8, 4) is 22.8 Å². The van der Waals surface area contributed by atoms with Crippen molar-refractivity contribution in [1.29, 1.82) is 0 Å². The molecule has 0 bridgehead atoms. The van der Waals surface area contributed by atoms with Crippen LogP contribution in [0.1, 0.15) is 39.0 Å². The van der Waals surface area contributed by atoms with E-state index in [1.165, 1.54) is 43.9 Å². The maximum absolute atomic E-state index is 12.9. The van der Waals surface area contributed by atoms with Crippen LogP contribution in [0.5, 0.6) is 5.75 Å². The molecule has 7 nitrogen and oxygen atoms in total. The van der Waals surface area contributed by atoms with Gasteiger partial charge in [0.05, 0.1) is 12.4 Å². The van der Waals surface area contributed by atoms with Gasteiger partial charge in [0, 0.05) is 37.2 Å². The number of aromatic nitrogens is 4. The van der Waals surface area contributed by atoms with Gasteiger partial charge in [-0.2, -0.15) is 0 Å². The minimum atomic E-state index is 0.120. The van der Waals surface area contributed by atoms with Crippen molar-refractivity contribution >= 4 is 17.7 Å². The van der Waals surface area contributed by atoms with Gasteiger partial charge in [-0.1, -0.05) is 31.0 Å². The summed E-state index contributed by atoms with van der Waals surface area (Å²) < 4.78 is 7.56. The lowest BCUT2D eigenvalue weighted by molar-refractivity contribution is -0.127. The molecule has 1 aliphatic rings. The van der Waals surface area contributed by atoms with Crippen LogP contribution in [0.3, 0.4) is 0 Å². The van der Waals surface area contributed by atoms with E-state index in [1.807, 2.05) is 59.8 Å². The number of hydrogen-bond acceptors (Lipinski definition) is 6. The predicted molar refractivity (Wildman–Crippen MR) is 131 cm³/mol. The average molecular weight is 466 g/mol. The zero-order chi connectivity index (χ0) is 23.0. The summed E-state index contributed by atoms with van der Waals surface area (Å²) in [5, 5.41) is 9.53. The van der Waals surface area contributed by atoms with Crippen molar-refractivity contribution < 1.29 is 9.53 Å². The zero-order valence-electron chi connectivity index (χ0n) is 19.3. The number of nitrogens with zero attached hydrogens (tertiary/aromatic N) is 5. The van der Waals surface area contributed by atoms with Gasteiger partial charge in [-0.05, 0) is 62.1 Å². The van der Waals surface area contributed by atoms with Crippen LogP contribution >= 0.6 is 11.8 Å². The molecule has 2 aromatic heterocycles. The van der Waals surface area contributed by atoms with Crippen molar-refractivity contribution in [2.45, 2.75) is 44.2 Å². The van der Waals surface area contributed by atoms with Gasteiger partial charge in [0.25, 0.3) is 0 Å². The van der Waals surface area contributed by atoms with Crippen LogP contribution in [0.15, 0.2) is 53.9 Å². The van der Waals surface area contributed by atoms with Crippen LogP contribution in [-0.2, 0) is 4.79 Å². The van der Waals surface area contributed by atoms with Crippen LogP contribution in [0.4, 0.5) is 0 Å². The first-order chi connectivity index (χ1) is 16.2. The maximum Gasteiger partial charge on any atom is 0.232 e. The Morgan fingerprint density at radius 3 is 2.64 bits per heavy atom. The highest BCUT2D eigenvalue weighted by Gasteiger charge is 2.21. The van der Waals surface area contributed by atoms with E-state index in [9.17, 15) is 4.79 Å². The minimum Gasteiger partial charge on any atom is -0.494 e. The Morgan fingerprint density at radius 2 is 1.94 bits per heavy atom. The molecule has 0 saturated heterocycles. The van der Waals surface area contributed by atoms with Gasteiger partial charge in [0.1, 0.15) is 5.75 Å². The van der Waals surface area contributed by atoms with E-state index in [-0.39, 0.29) is 5.91 Å². The van der Waals surface area contributed by atoms with E-state index in [0.29, 0.717) is 29.3 Å². The third-order valence-electron chi connectivity index (χ3n) is 5.97. The van der Waals surface area contributed by atoms with Gasteiger partial charge in [0.2, 0.25) is 5.91 Å². The van der Waals surface area contributed by atoms with E-state index < -0.39 is 0 Å². The fourth-order valence-electron chi connectivity index (χ4n) is 4.23. The second-order valence-electron chi connectivity index (χ2n) is 8.38. The molecule has 4 rings (SSSR count). The molecule has 8 heteroatoms. The normalized spacial score (nSPS) is 14.2. The van der Waals surface area contributed by atoms with Crippen molar-refractivity contribution in [3.05, 3.63) is 48.8 Å². The molecule has 1 fully saturated rings. The molecule has 0 radical (unpaired) electrons. The van der Waals surface area contributed by atoms with Gasteiger partial charge < -0.3 is 9.64 Å². The first-order valence-corrected chi connectivity index (χ1v) is 12.6. The second kappa shape index (κ2) is 11.3. The largest absolute Gasteiger partial charge is 0.494 e. The van der Waals surface area contributed by atoms with E-state index in [4.69, 9.17) is 4.74 Å². The second-order valence-corrected chi connectivity index (χ2v) is 9.32. The van der Waals surface area contributed by atoms with Crippen LogP contribution in [0, 0.1) is 5.92 Å². The molecule has 1 aliphatic carbocycles. The molecule has 2 heterocycles. The summed E-state index contributed by atoms with van der Waals surface area (Å²) in [7, 11) is 1.91. The Kier molecular flexibility index (Phi) is 7.99. The molecule has 1 saturated carbocycles. The van der Waals surface area contributed by atoms with Gasteiger partial charge in [-0.15, -0.1) is 10.2 Å². The van der Waals surface area contributed by atoms with Gasteiger partial charge in [-0.25, -0.2) is 0 Å². The summed E-state index contributed by atoms with van der Waals surface area (Å²) in [5.41, 5.74) is 1.78. The van der Waals surface area contributed by atoms with E-state index in [2.05, 4.69) is 15.2 Å².